The van der Waals surface area contributed by atoms with Crippen LogP contribution >= 0.6 is 0 Å². The van der Waals surface area contributed by atoms with Crippen molar-refractivity contribution in [3.8, 4) is 0 Å². The molecule has 3 aliphatic rings. The maximum atomic E-state index is 14.7. The molecule has 3 N–H and O–H groups in total. The summed E-state index contributed by atoms with van der Waals surface area (Å²) in [6.45, 7) is 13.5. The number of aliphatic hydroxyl groups excluding tert-OH is 1. The third-order valence-electron chi connectivity index (χ3n) is 12.9. The van der Waals surface area contributed by atoms with Crippen molar-refractivity contribution >= 4 is 36.0 Å². The molecule has 2 amide bonds. The zero-order valence-electron chi connectivity index (χ0n) is 39.2. The second-order valence-corrected chi connectivity index (χ2v) is 18.2. The highest BCUT2D eigenvalue weighted by molar-refractivity contribution is 5.85. The number of rotatable bonds is 12. The van der Waals surface area contributed by atoms with Crippen molar-refractivity contribution in [2.24, 2.45) is 23.7 Å². The van der Waals surface area contributed by atoms with Gasteiger partial charge in [0.15, 0.2) is 11.9 Å². The molecule has 3 saturated heterocycles. The van der Waals surface area contributed by atoms with E-state index >= 15 is 0 Å². The number of ether oxygens (including phenoxy) is 6. The minimum atomic E-state index is -1.76. The summed E-state index contributed by atoms with van der Waals surface area (Å²) in [7, 11) is 3.66. The first-order valence-corrected chi connectivity index (χ1v) is 22.5. The predicted octanol–water partition coefficient (Wildman–Crippen LogP) is 5.20. The number of nitrogens with one attached hydrogen (secondary N) is 2. The van der Waals surface area contributed by atoms with Gasteiger partial charge in [0, 0.05) is 48.9 Å². The Bertz CT molecular complexity index is 2000. The van der Waals surface area contributed by atoms with E-state index < -0.39 is 102 Å². The van der Waals surface area contributed by atoms with Gasteiger partial charge in [0.25, 0.3) is 0 Å². The molecule has 3 aliphatic heterocycles. The molecule has 5 heterocycles. The number of carbonyl (C=O) groups is 5. The van der Waals surface area contributed by atoms with E-state index in [2.05, 4.69) is 20.6 Å². The molecule has 2 aromatic heterocycles. The lowest BCUT2D eigenvalue weighted by Gasteiger charge is -2.48. The molecule has 17 nitrogen and oxygen atoms in total. The summed E-state index contributed by atoms with van der Waals surface area (Å²) < 4.78 is 37.8. The van der Waals surface area contributed by atoms with E-state index in [0.29, 0.717) is 12.1 Å². The molecule has 3 fully saturated rings. The summed E-state index contributed by atoms with van der Waals surface area (Å²) in [4.78, 5) is 80.3. The molecule has 0 aromatic carbocycles. The fourth-order valence-corrected chi connectivity index (χ4v) is 9.46. The number of alkyl carbamates (subject to hydrolysis) is 2. The number of amides is 2. The monoisotopic (exact) mass is 905 g/mol. The molecule has 356 valence electrons. The third kappa shape index (κ3) is 12.6. The summed E-state index contributed by atoms with van der Waals surface area (Å²) in [5.74, 6) is -5.77. The summed E-state index contributed by atoms with van der Waals surface area (Å²) in [5, 5.41) is 17.4. The van der Waals surface area contributed by atoms with Crippen LogP contribution in [-0.4, -0.2) is 131 Å². The van der Waals surface area contributed by atoms with Gasteiger partial charge in [-0.25, -0.2) is 9.59 Å². The van der Waals surface area contributed by atoms with Crippen molar-refractivity contribution in [3.05, 3.63) is 78.4 Å². The first-order chi connectivity index (χ1) is 30.8. The van der Waals surface area contributed by atoms with Crippen molar-refractivity contribution in [2.45, 2.75) is 141 Å². The van der Waals surface area contributed by atoms with Gasteiger partial charge in [-0.05, 0) is 84.8 Å². The van der Waals surface area contributed by atoms with E-state index in [1.807, 2.05) is 44.1 Å². The maximum absolute atomic E-state index is 14.7. The second kappa shape index (κ2) is 22.3. The molecule has 0 spiro atoms. The Hall–Kier alpha value is -5.23. The van der Waals surface area contributed by atoms with Crippen molar-refractivity contribution in [1.29, 1.82) is 0 Å². The lowest BCUT2D eigenvalue weighted by atomic mass is 9.73. The molecule has 0 aliphatic carbocycles. The molecule has 2 aromatic rings. The topological polar surface area (TPSA) is 214 Å². The highest BCUT2D eigenvalue weighted by Crippen LogP contribution is 2.42. The van der Waals surface area contributed by atoms with Crippen molar-refractivity contribution in [3.63, 3.8) is 0 Å². The molecule has 5 rings (SSSR count). The summed E-state index contributed by atoms with van der Waals surface area (Å²) in [5.41, 5.74) is -1.92. The summed E-state index contributed by atoms with van der Waals surface area (Å²) in [6, 6.07) is 7.51. The van der Waals surface area contributed by atoms with E-state index in [4.69, 9.17) is 28.4 Å². The Morgan fingerprint density at radius 2 is 1.78 bits per heavy atom. The highest BCUT2D eigenvalue weighted by atomic mass is 16.7. The largest absolute Gasteiger partial charge is 0.461 e. The number of nitrogens with zero attached hydrogens (tertiary/aromatic N) is 3. The van der Waals surface area contributed by atoms with Gasteiger partial charge >= 0.3 is 24.1 Å². The highest BCUT2D eigenvalue weighted by Gasteiger charge is 2.58. The number of carbonyl (C=O) groups excluding carboxylic acids is 5. The second-order valence-electron chi connectivity index (χ2n) is 18.2. The summed E-state index contributed by atoms with van der Waals surface area (Å²) >= 11 is 0. The van der Waals surface area contributed by atoms with Crippen LogP contribution in [0.2, 0.25) is 0 Å². The van der Waals surface area contributed by atoms with Crippen molar-refractivity contribution < 1.29 is 57.5 Å². The predicted molar refractivity (Wildman–Crippen MR) is 239 cm³/mol. The van der Waals surface area contributed by atoms with E-state index in [1.165, 1.54) is 0 Å². The number of ketones is 1. The quantitative estimate of drug-likeness (QED) is 0.142. The van der Waals surface area contributed by atoms with Gasteiger partial charge < -0.3 is 49.1 Å². The third-order valence-corrected chi connectivity index (χ3v) is 12.9. The first kappa shape index (κ1) is 50.8. The number of aromatic nitrogens is 2. The lowest BCUT2D eigenvalue weighted by Crippen LogP contribution is -2.61. The Kier molecular flexibility index (Phi) is 17.4. The Balaban J connectivity index is 1.60. The van der Waals surface area contributed by atoms with Crippen molar-refractivity contribution in [2.75, 3.05) is 20.6 Å². The number of hydrogen-bond acceptors (Lipinski definition) is 15. The smallest absolute Gasteiger partial charge is 0.408 e. The van der Waals surface area contributed by atoms with Crippen LogP contribution < -0.4 is 10.6 Å². The minimum Gasteiger partial charge on any atom is -0.461 e. The Morgan fingerprint density at radius 3 is 2.45 bits per heavy atom. The fourth-order valence-electron chi connectivity index (χ4n) is 9.46. The van der Waals surface area contributed by atoms with E-state index in [9.17, 15) is 29.1 Å². The van der Waals surface area contributed by atoms with Gasteiger partial charge in [0.05, 0.1) is 30.2 Å². The first-order valence-electron chi connectivity index (χ1n) is 22.5. The minimum absolute atomic E-state index is 0.0561. The number of allylic oxidation sites excluding steroid dienone is 2. The zero-order chi connectivity index (χ0) is 47.6. The fraction of sp³-hybridized carbons (Fsp3) is 0.604. The van der Waals surface area contributed by atoms with Gasteiger partial charge in [-0.1, -0.05) is 64.1 Å². The number of pyridine rings is 2. The Labute approximate surface area is 382 Å². The molecule has 65 heavy (non-hydrogen) atoms. The van der Waals surface area contributed by atoms with Crippen LogP contribution in [-0.2, 0) is 49.2 Å². The number of aliphatic hydroxyl groups is 1. The number of likely N-dealkylation sites (N-methyl/N-ethyl adjacent to an activating group) is 1. The van der Waals surface area contributed by atoms with Gasteiger partial charge in [-0.15, -0.1) is 0 Å². The molecule has 17 heteroatoms. The molecule has 0 bridgehead atoms. The molecule has 0 radical (unpaired) electrons. The van der Waals surface area contributed by atoms with Crippen LogP contribution in [0.4, 0.5) is 9.59 Å². The lowest BCUT2D eigenvalue weighted by molar-refractivity contribution is -0.298. The normalized spacial score (nSPS) is 34.9. The van der Waals surface area contributed by atoms with Gasteiger partial charge in [-0.3, -0.25) is 24.4 Å². The van der Waals surface area contributed by atoms with Crippen LogP contribution in [0.3, 0.4) is 0 Å². The number of esters is 2. The molecular formula is C48H67N5O12. The number of cyclic esters (lactones) is 1. The number of hydrogen-bond donors (Lipinski definition) is 3. The van der Waals surface area contributed by atoms with Crippen LogP contribution in [0.25, 0.3) is 6.08 Å². The van der Waals surface area contributed by atoms with Crippen molar-refractivity contribution in [1.82, 2.24) is 25.5 Å². The van der Waals surface area contributed by atoms with E-state index in [0.717, 1.165) is 5.56 Å². The Morgan fingerprint density at radius 1 is 1.03 bits per heavy atom. The van der Waals surface area contributed by atoms with Crippen LogP contribution in [0.1, 0.15) is 85.9 Å². The van der Waals surface area contributed by atoms with E-state index in [1.54, 1.807) is 103 Å². The molecular weight excluding hydrogens is 839 g/mol. The zero-order valence-corrected chi connectivity index (χ0v) is 39.2. The SMILES string of the molecule is CC[C@H]1OC(=O)[C@H](C)[C@@H](OC(=O)Cc2ccccn2)[C@H](C)[C@@H](O[C@@H]2O[C@H](C)C[C@H](N(C)C)[C@H]2O)[C@](C)(OC(=O)NC/C=C/C=C/c2cccnc2)C[C@@H](C)C(=O)[C@H](C)[C@H]2NC(=O)O[C@@]21C. The molecule has 14 atom stereocenters. The molecule has 0 saturated carbocycles. The summed E-state index contributed by atoms with van der Waals surface area (Å²) in [6.07, 6.45) is 4.16. The van der Waals surface area contributed by atoms with Gasteiger partial charge in [-0.2, -0.15) is 0 Å². The standard InChI is InChI=1S/C48H67N5O12/c1-11-36-48(8)41(52-46(59)65-48)30(4)38(55)28(2)26-47(7,64-45(58)51-23-15-12-13-18-33-19-17-21-49-27-33)42(63-44-39(56)35(53(9)10)24-29(3)60-44)31(5)40(32(6)43(57)61-36)62-37(54)25-34-20-14-16-22-50-34/h12-22,27-32,35-36,39-42,44,56H,11,23-26H2,1-10H3,(H,51,58)(H,52,59)/b15-12+,18-13+/t28-,29-,30+,31+,32-,35+,36-,39-,40+,41-,42-,44+,47-,48-/m1/s1. The van der Waals surface area contributed by atoms with Gasteiger partial charge in [0.2, 0.25) is 0 Å². The van der Waals surface area contributed by atoms with Crippen LogP contribution in [0, 0.1) is 23.7 Å². The average Bonchev–Trinajstić information content (AvgIpc) is 3.58. The molecule has 0 unspecified atom stereocenters. The number of fused-ring (bicyclic) bond motifs is 1. The number of Topliss-reactive ketones (excluding diaryl/α,β-unsaturated/α-hetero) is 1. The van der Waals surface area contributed by atoms with E-state index in [-0.39, 0.29) is 37.7 Å². The van der Waals surface area contributed by atoms with Gasteiger partial charge in [0.1, 0.15) is 35.8 Å². The average molecular weight is 906 g/mol. The maximum Gasteiger partial charge on any atom is 0.408 e. The van der Waals surface area contributed by atoms with Crippen LogP contribution in [0.15, 0.2) is 67.2 Å². The van der Waals surface area contributed by atoms with Crippen LogP contribution in [0.5, 0.6) is 0 Å².